The van der Waals surface area contributed by atoms with E-state index >= 15 is 0 Å². The highest BCUT2D eigenvalue weighted by molar-refractivity contribution is 5.80. The van der Waals surface area contributed by atoms with Crippen LogP contribution in [0, 0.1) is 5.92 Å². The number of aliphatic carboxylic acids is 1. The second-order valence-corrected chi connectivity index (χ2v) is 9.27. The Morgan fingerprint density at radius 3 is 2.26 bits per heavy atom. The van der Waals surface area contributed by atoms with Crippen LogP contribution in [0.2, 0.25) is 0 Å². The Hall–Kier alpha value is -3.35. The van der Waals surface area contributed by atoms with Crippen LogP contribution in [0.5, 0.6) is 0 Å². The number of hydrogen-bond acceptors (Lipinski definition) is 4. The summed E-state index contributed by atoms with van der Waals surface area (Å²) in [6.07, 6.45) is 2.79. The monoisotopic (exact) mass is 464 g/mol. The highest BCUT2D eigenvalue weighted by Crippen LogP contribution is 2.44. The van der Waals surface area contributed by atoms with E-state index < -0.39 is 18.0 Å². The van der Waals surface area contributed by atoms with E-state index in [1.165, 1.54) is 11.1 Å². The Morgan fingerprint density at radius 1 is 1.03 bits per heavy atom. The average molecular weight is 465 g/mol. The predicted octanol–water partition coefficient (Wildman–Crippen LogP) is 4.45. The summed E-state index contributed by atoms with van der Waals surface area (Å²) in [5.74, 6) is -1.39. The lowest BCUT2D eigenvalue weighted by molar-refractivity contribution is -0.141. The number of carboxylic acid groups (broad SMARTS) is 1. The molecule has 7 nitrogen and oxygen atoms in total. The number of benzene rings is 2. The molecule has 2 aliphatic rings. The van der Waals surface area contributed by atoms with Crippen molar-refractivity contribution < 1.29 is 24.2 Å². The van der Waals surface area contributed by atoms with Gasteiger partial charge in [0.15, 0.2) is 0 Å². The van der Waals surface area contributed by atoms with E-state index in [0.29, 0.717) is 25.7 Å². The first kappa shape index (κ1) is 23.8. The molecular weight excluding hydrogens is 432 g/mol. The number of hydrogen-bond donors (Lipinski definition) is 3. The second kappa shape index (κ2) is 10.7. The van der Waals surface area contributed by atoms with Gasteiger partial charge in [-0.05, 0) is 47.9 Å². The minimum atomic E-state index is -0.808. The zero-order valence-electron chi connectivity index (χ0n) is 19.5. The Kier molecular flexibility index (Phi) is 7.50. The van der Waals surface area contributed by atoms with Gasteiger partial charge in [0.05, 0.1) is 5.92 Å². The summed E-state index contributed by atoms with van der Waals surface area (Å²) in [4.78, 5) is 36.3. The summed E-state index contributed by atoms with van der Waals surface area (Å²) in [6.45, 7) is 2.22. The van der Waals surface area contributed by atoms with Gasteiger partial charge in [-0.25, -0.2) is 4.79 Å². The van der Waals surface area contributed by atoms with Crippen molar-refractivity contribution in [2.45, 2.75) is 63.5 Å². The number of rotatable bonds is 9. The maximum absolute atomic E-state index is 12.6. The summed E-state index contributed by atoms with van der Waals surface area (Å²) >= 11 is 0. The molecule has 34 heavy (non-hydrogen) atoms. The van der Waals surface area contributed by atoms with Crippen LogP contribution < -0.4 is 10.6 Å². The number of carboxylic acids is 1. The predicted molar refractivity (Wildman–Crippen MR) is 128 cm³/mol. The van der Waals surface area contributed by atoms with Crippen LogP contribution in [0.3, 0.4) is 0 Å². The molecule has 2 amide bonds. The van der Waals surface area contributed by atoms with E-state index in [0.717, 1.165) is 17.5 Å². The Balaban J connectivity index is 1.30. The molecule has 0 heterocycles. The number of amides is 2. The Bertz CT molecular complexity index is 1010. The molecule has 0 aromatic heterocycles. The van der Waals surface area contributed by atoms with Crippen LogP contribution in [-0.2, 0) is 14.3 Å². The van der Waals surface area contributed by atoms with Crippen LogP contribution >= 0.6 is 0 Å². The molecule has 0 radical (unpaired) electrons. The van der Waals surface area contributed by atoms with E-state index in [1.54, 1.807) is 0 Å². The van der Waals surface area contributed by atoms with Crippen molar-refractivity contribution in [1.82, 2.24) is 10.6 Å². The van der Waals surface area contributed by atoms with Gasteiger partial charge in [-0.15, -0.1) is 0 Å². The zero-order valence-corrected chi connectivity index (χ0v) is 19.5. The lowest BCUT2D eigenvalue weighted by atomic mass is 9.98. The van der Waals surface area contributed by atoms with Crippen LogP contribution in [0.15, 0.2) is 48.5 Å². The maximum atomic E-state index is 12.6. The van der Waals surface area contributed by atoms with Gasteiger partial charge in [-0.2, -0.15) is 0 Å². The molecule has 0 bridgehead atoms. The van der Waals surface area contributed by atoms with Gasteiger partial charge in [0.25, 0.3) is 0 Å². The molecule has 0 aliphatic heterocycles. The molecule has 2 aliphatic carbocycles. The fourth-order valence-corrected chi connectivity index (χ4v) is 5.23. The van der Waals surface area contributed by atoms with Gasteiger partial charge < -0.3 is 20.5 Å². The van der Waals surface area contributed by atoms with E-state index in [2.05, 4.69) is 34.9 Å². The van der Waals surface area contributed by atoms with Gasteiger partial charge in [0, 0.05) is 24.4 Å². The van der Waals surface area contributed by atoms with Gasteiger partial charge >= 0.3 is 12.1 Å². The number of alkyl carbamates (subject to hydrolysis) is 1. The van der Waals surface area contributed by atoms with Gasteiger partial charge in [0.2, 0.25) is 5.91 Å². The molecule has 1 fully saturated rings. The third-order valence-electron chi connectivity index (χ3n) is 6.88. The van der Waals surface area contributed by atoms with Crippen molar-refractivity contribution in [2.75, 3.05) is 6.61 Å². The van der Waals surface area contributed by atoms with E-state index in [1.807, 2.05) is 31.2 Å². The van der Waals surface area contributed by atoms with Crippen molar-refractivity contribution in [3.05, 3.63) is 59.7 Å². The molecule has 2 aromatic carbocycles. The summed E-state index contributed by atoms with van der Waals surface area (Å²) < 4.78 is 5.62. The normalized spacial score (nSPS) is 19.7. The van der Waals surface area contributed by atoms with Crippen molar-refractivity contribution >= 4 is 18.0 Å². The number of carbonyl (C=O) groups is 3. The quantitative estimate of drug-likeness (QED) is 0.508. The first-order chi connectivity index (χ1) is 16.5. The van der Waals surface area contributed by atoms with Crippen molar-refractivity contribution in [3.63, 3.8) is 0 Å². The third-order valence-corrected chi connectivity index (χ3v) is 6.88. The summed E-state index contributed by atoms with van der Waals surface area (Å²) in [7, 11) is 0. The molecule has 3 N–H and O–H groups in total. The van der Waals surface area contributed by atoms with Gasteiger partial charge in [-0.1, -0.05) is 61.9 Å². The van der Waals surface area contributed by atoms with Gasteiger partial charge in [-0.3, -0.25) is 9.59 Å². The lowest BCUT2D eigenvalue weighted by Crippen LogP contribution is -2.42. The Labute approximate surface area is 199 Å². The first-order valence-corrected chi connectivity index (χ1v) is 12.1. The highest BCUT2D eigenvalue weighted by atomic mass is 16.5. The van der Waals surface area contributed by atoms with Crippen molar-refractivity contribution in [3.8, 4) is 11.1 Å². The van der Waals surface area contributed by atoms with E-state index in [9.17, 15) is 14.4 Å². The summed E-state index contributed by atoms with van der Waals surface area (Å²) in [5.41, 5.74) is 4.64. The maximum Gasteiger partial charge on any atom is 0.407 e. The topological polar surface area (TPSA) is 105 Å². The molecule has 2 aromatic rings. The van der Waals surface area contributed by atoms with E-state index in [4.69, 9.17) is 9.84 Å². The third kappa shape index (κ3) is 5.41. The molecule has 3 atom stereocenters. The number of carbonyl (C=O) groups excluding carboxylic acids is 2. The van der Waals surface area contributed by atoms with Gasteiger partial charge in [0.1, 0.15) is 6.61 Å². The molecule has 7 heteroatoms. The summed E-state index contributed by atoms with van der Waals surface area (Å²) in [6, 6.07) is 15.9. The largest absolute Gasteiger partial charge is 0.481 e. The summed E-state index contributed by atoms with van der Waals surface area (Å²) in [5, 5.41) is 14.9. The number of fused-ring (bicyclic) bond motifs is 3. The molecule has 180 valence electrons. The van der Waals surface area contributed by atoms with Crippen LogP contribution in [0.4, 0.5) is 4.79 Å². The molecule has 4 rings (SSSR count). The lowest BCUT2D eigenvalue weighted by Gasteiger charge is -2.20. The van der Waals surface area contributed by atoms with Crippen LogP contribution in [-0.4, -0.2) is 41.8 Å². The average Bonchev–Trinajstić information content (AvgIpc) is 3.41. The Morgan fingerprint density at radius 2 is 1.68 bits per heavy atom. The number of ether oxygens (including phenoxy) is 1. The highest BCUT2D eigenvalue weighted by Gasteiger charge is 2.31. The molecule has 0 saturated heterocycles. The van der Waals surface area contributed by atoms with Crippen LogP contribution in [0.25, 0.3) is 11.1 Å². The fraction of sp³-hybridized carbons (Fsp3) is 0.444. The minimum Gasteiger partial charge on any atom is -0.481 e. The molecular formula is C27H32N2O5. The first-order valence-electron chi connectivity index (χ1n) is 12.1. The standard InChI is InChI=1S/C27H32N2O5/c1-2-7-18(15-25(30)28-19-13-12-17(14-19)26(31)32)29-27(33)34-16-24-22-10-5-3-8-20(22)21-9-4-6-11-23(21)24/h3-6,8-11,17-19,24H,2,7,12-16H2,1H3,(H,28,30)(H,29,33)(H,31,32)/t17?,18-,19?/m1/s1. The van der Waals surface area contributed by atoms with E-state index in [-0.39, 0.29) is 36.9 Å². The SMILES string of the molecule is CCC[C@H](CC(=O)NC1CCC(C(=O)O)C1)NC(=O)OCC1c2ccccc2-c2ccccc21. The molecule has 2 unspecified atom stereocenters. The minimum absolute atomic E-state index is 0.0179. The van der Waals surface area contributed by atoms with Crippen molar-refractivity contribution in [2.24, 2.45) is 5.92 Å². The fourth-order valence-electron chi connectivity index (χ4n) is 5.23. The smallest absolute Gasteiger partial charge is 0.407 e. The number of nitrogens with one attached hydrogen (secondary N) is 2. The van der Waals surface area contributed by atoms with Crippen molar-refractivity contribution in [1.29, 1.82) is 0 Å². The zero-order chi connectivity index (χ0) is 24.1. The molecule has 0 spiro atoms. The molecule has 1 saturated carbocycles. The second-order valence-electron chi connectivity index (χ2n) is 9.27. The van der Waals surface area contributed by atoms with Crippen LogP contribution in [0.1, 0.15) is 62.5 Å².